The van der Waals surface area contributed by atoms with Crippen LogP contribution < -0.4 is 0 Å². The number of hydrogen-bond donors (Lipinski definition) is 1. The Hall–Kier alpha value is -0.140. The predicted molar refractivity (Wildman–Crippen MR) is 83.9 cm³/mol. The van der Waals surface area contributed by atoms with E-state index in [1.165, 1.54) is 24.0 Å². The molecular formula is C16H23ClS. The van der Waals surface area contributed by atoms with Gasteiger partial charge in [-0.1, -0.05) is 50.6 Å². The summed E-state index contributed by atoms with van der Waals surface area (Å²) < 4.78 is 0. The van der Waals surface area contributed by atoms with Crippen LogP contribution in [0.1, 0.15) is 50.7 Å². The Labute approximate surface area is 122 Å². The summed E-state index contributed by atoms with van der Waals surface area (Å²) in [6.07, 6.45) is 3.57. The third kappa shape index (κ3) is 3.45. The molecule has 0 aromatic heterocycles. The van der Waals surface area contributed by atoms with Gasteiger partial charge in [-0.2, -0.15) is 12.6 Å². The van der Waals surface area contributed by atoms with Crippen molar-refractivity contribution >= 4 is 24.2 Å². The van der Waals surface area contributed by atoms with E-state index in [-0.39, 0.29) is 0 Å². The summed E-state index contributed by atoms with van der Waals surface area (Å²) >= 11 is 11.1. The van der Waals surface area contributed by atoms with E-state index in [1.807, 2.05) is 0 Å². The average Bonchev–Trinajstić information content (AvgIpc) is 2.98. The zero-order valence-corrected chi connectivity index (χ0v) is 13.1. The minimum absolute atomic E-state index is 0.498. The van der Waals surface area contributed by atoms with Crippen LogP contribution in [0.2, 0.25) is 5.02 Å². The fourth-order valence-electron chi connectivity index (χ4n) is 2.81. The average molecular weight is 283 g/mol. The SMILES string of the molecule is CC(C)Cc1cccc(C2CC2C[C@H](C)S)c1Cl. The first kappa shape index (κ1) is 14.3. The van der Waals surface area contributed by atoms with E-state index in [0.717, 1.165) is 17.4 Å². The highest BCUT2D eigenvalue weighted by Gasteiger charge is 2.39. The summed E-state index contributed by atoms with van der Waals surface area (Å²) in [5, 5.41) is 1.52. The second-order valence-corrected chi connectivity index (χ2v) is 7.36. The molecule has 2 rings (SSSR count). The molecule has 0 amide bonds. The third-order valence-corrected chi connectivity index (χ3v) is 4.37. The summed E-state index contributed by atoms with van der Waals surface area (Å²) in [7, 11) is 0. The molecule has 1 fully saturated rings. The molecule has 0 saturated heterocycles. The topological polar surface area (TPSA) is 0 Å². The van der Waals surface area contributed by atoms with Crippen molar-refractivity contribution in [2.75, 3.05) is 0 Å². The predicted octanol–water partition coefficient (Wildman–Crippen LogP) is 5.35. The van der Waals surface area contributed by atoms with Gasteiger partial charge in [-0.05, 0) is 53.4 Å². The smallest absolute Gasteiger partial charge is 0.0473 e. The second-order valence-electron chi connectivity index (χ2n) is 6.11. The first-order chi connectivity index (χ1) is 8.49. The fraction of sp³-hybridized carbons (Fsp3) is 0.625. The molecule has 1 aromatic carbocycles. The van der Waals surface area contributed by atoms with Gasteiger partial charge in [0.15, 0.2) is 0 Å². The Bertz CT molecular complexity index is 412. The van der Waals surface area contributed by atoms with Crippen LogP contribution >= 0.6 is 24.2 Å². The molecule has 0 aliphatic heterocycles. The molecule has 1 aliphatic carbocycles. The largest absolute Gasteiger partial charge is 0.176 e. The zero-order chi connectivity index (χ0) is 13.3. The first-order valence-corrected chi connectivity index (χ1v) is 7.83. The Morgan fingerprint density at radius 2 is 2.06 bits per heavy atom. The molecular weight excluding hydrogens is 260 g/mol. The summed E-state index contributed by atoms with van der Waals surface area (Å²) in [6.45, 7) is 6.66. The highest BCUT2D eigenvalue weighted by Crippen LogP contribution is 2.52. The van der Waals surface area contributed by atoms with Crippen molar-refractivity contribution in [3.63, 3.8) is 0 Å². The van der Waals surface area contributed by atoms with E-state index in [9.17, 15) is 0 Å². The van der Waals surface area contributed by atoms with Gasteiger partial charge in [0, 0.05) is 5.02 Å². The maximum atomic E-state index is 6.57. The van der Waals surface area contributed by atoms with E-state index < -0.39 is 0 Å². The van der Waals surface area contributed by atoms with Gasteiger partial charge in [-0.25, -0.2) is 0 Å². The van der Waals surface area contributed by atoms with Crippen LogP contribution in [-0.2, 0) is 6.42 Å². The normalized spacial score (nSPS) is 24.3. The first-order valence-electron chi connectivity index (χ1n) is 6.94. The summed E-state index contributed by atoms with van der Waals surface area (Å²) in [5.74, 6) is 2.13. The number of rotatable bonds is 5. The second kappa shape index (κ2) is 5.88. The standard InChI is InChI=1S/C16H23ClS/c1-10(2)7-12-5-4-6-14(16(12)17)15-9-13(15)8-11(3)18/h4-6,10-11,13,15,18H,7-9H2,1-3H3/t11-,13?,15?/m0/s1. The van der Waals surface area contributed by atoms with E-state index in [2.05, 4.69) is 51.6 Å². The molecule has 0 spiro atoms. The highest BCUT2D eigenvalue weighted by molar-refractivity contribution is 7.80. The van der Waals surface area contributed by atoms with E-state index in [0.29, 0.717) is 17.1 Å². The van der Waals surface area contributed by atoms with Gasteiger partial charge in [0.25, 0.3) is 0 Å². The molecule has 0 nitrogen and oxygen atoms in total. The maximum absolute atomic E-state index is 6.57. The lowest BCUT2D eigenvalue weighted by molar-refractivity contribution is 0.646. The molecule has 2 unspecified atom stereocenters. The molecule has 0 radical (unpaired) electrons. The van der Waals surface area contributed by atoms with Crippen LogP contribution in [0.5, 0.6) is 0 Å². The van der Waals surface area contributed by atoms with Crippen LogP contribution in [0, 0.1) is 11.8 Å². The van der Waals surface area contributed by atoms with Gasteiger partial charge < -0.3 is 0 Å². The minimum atomic E-state index is 0.498. The molecule has 3 atom stereocenters. The molecule has 1 saturated carbocycles. The minimum Gasteiger partial charge on any atom is -0.176 e. The van der Waals surface area contributed by atoms with Crippen molar-refractivity contribution in [1.82, 2.24) is 0 Å². The molecule has 1 aliphatic rings. The number of benzene rings is 1. The van der Waals surface area contributed by atoms with Gasteiger partial charge in [-0.3, -0.25) is 0 Å². The number of hydrogen-bond acceptors (Lipinski definition) is 1. The highest BCUT2D eigenvalue weighted by atomic mass is 35.5. The quantitative estimate of drug-likeness (QED) is 0.692. The Kier molecular flexibility index (Phi) is 4.66. The molecule has 2 heteroatoms. The van der Waals surface area contributed by atoms with Crippen molar-refractivity contribution in [2.45, 2.75) is 51.2 Å². The van der Waals surface area contributed by atoms with E-state index >= 15 is 0 Å². The van der Waals surface area contributed by atoms with Gasteiger partial charge in [0.1, 0.15) is 0 Å². The van der Waals surface area contributed by atoms with Crippen molar-refractivity contribution in [1.29, 1.82) is 0 Å². The Balaban J connectivity index is 2.10. The monoisotopic (exact) mass is 282 g/mol. The number of thiol groups is 1. The molecule has 100 valence electrons. The molecule has 18 heavy (non-hydrogen) atoms. The zero-order valence-electron chi connectivity index (χ0n) is 11.5. The Morgan fingerprint density at radius 1 is 1.33 bits per heavy atom. The molecule has 0 bridgehead atoms. The fourth-order valence-corrected chi connectivity index (χ4v) is 3.42. The lowest BCUT2D eigenvalue weighted by Crippen LogP contribution is -1.98. The van der Waals surface area contributed by atoms with Crippen molar-refractivity contribution in [2.24, 2.45) is 11.8 Å². The van der Waals surface area contributed by atoms with Crippen molar-refractivity contribution in [3.05, 3.63) is 34.3 Å². The Morgan fingerprint density at radius 3 is 2.67 bits per heavy atom. The third-order valence-electron chi connectivity index (χ3n) is 3.70. The van der Waals surface area contributed by atoms with Crippen LogP contribution in [0.15, 0.2) is 18.2 Å². The van der Waals surface area contributed by atoms with Crippen LogP contribution in [-0.4, -0.2) is 5.25 Å². The van der Waals surface area contributed by atoms with E-state index in [1.54, 1.807) is 0 Å². The van der Waals surface area contributed by atoms with Gasteiger partial charge in [0.2, 0.25) is 0 Å². The summed E-state index contributed by atoms with van der Waals surface area (Å²) in [5.41, 5.74) is 2.68. The van der Waals surface area contributed by atoms with Crippen LogP contribution in [0.3, 0.4) is 0 Å². The lowest BCUT2D eigenvalue weighted by Gasteiger charge is -2.11. The molecule has 0 N–H and O–H groups in total. The van der Waals surface area contributed by atoms with Crippen LogP contribution in [0.4, 0.5) is 0 Å². The van der Waals surface area contributed by atoms with Crippen LogP contribution in [0.25, 0.3) is 0 Å². The summed E-state index contributed by atoms with van der Waals surface area (Å²) in [4.78, 5) is 0. The molecule has 1 aromatic rings. The van der Waals surface area contributed by atoms with Gasteiger partial charge >= 0.3 is 0 Å². The van der Waals surface area contributed by atoms with E-state index in [4.69, 9.17) is 11.6 Å². The van der Waals surface area contributed by atoms with Crippen molar-refractivity contribution < 1.29 is 0 Å². The molecule has 0 heterocycles. The van der Waals surface area contributed by atoms with Gasteiger partial charge in [0.05, 0.1) is 0 Å². The lowest BCUT2D eigenvalue weighted by atomic mass is 9.98. The van der Waals surface area contributed by atoms with Crippen molar-refractivity contribution in [3.8, 4) is 0 Å². The summed E-state index contributed by atoms with van der Waals surface area (Å²) in [6, 6.07) is 6.54. The maximum Gasteiger partial charge on any atom is 0.0473 e. The number of halogens is 1. The van der Waals surface area contributed by atoms with Gasteiger partial charge in [-0.15, -0.1) is 0 Å².